The Morgan fingerprint density at radius 2 is 1.42 bits per heavy atom. The summed E-state index contributed by atoms with van der Waals surface area (Å²) in [5.41, 5.74) is 1.82. The van der Waals surface area contributed by atoms with Gasteiger partial charge < -0.3 is 15.5 Å². The van der Waals surface area contributed by atoms with Crippen molar-refractivity contribution in [2.24, 2.45) is 0 Å². The SMILES string of the molecule is O=C(CSc1ccc(NC(=O)c2ccccc2-c2ccc(C(F)(F)F)cc2)cc1)N[C@H](C(=O)N1CCCCC1)c1ccccc1. The molecule has 0 radical (unpaired) electrons. The van der Waals surface area contributed by atoms with Gasteiger partial charge in [-0.2, -0.15) is 13.2 Å². The molecule has 1 aliphatic heterocycles. The highest BCUT2D eigenvalue weighted by Gasteiger charge is 2.30. The molecule has 0 aromatic heterocycles. The molecule has 1 atom stereocenters. The first-order valence-electron chi connectivity index (χ1n) is 14.6. The van der Waals surface area contributed by atoms with E-state index in [9.17, 15) is 27.6 Å². The molecule has 1 aliphatic rings. The van der Waals surface area contributed by atoms with E-state index in [-0.39, 0.29) is 17.6 Å². The minimum atomic E-state index is -4.44. The summed E-state index contributed by atoms with van der Waals surface area (Å²) in [5.74, 6) is -0.672. The number of nitrogens with zero attached hydrogens (tertiary/aromatic N) is 1. The van der Waals surface area contributed by atoms with Gasteiger partial charge in [0.15, 0.2) is 0 Å². The number of carbonyl (C=O) groups is 3. The van der Waals surface area contributed by atoms with Crippen molar-refractivity contribution in [1.29, 1.82) is 0 Å². The summed E-state index contributed by atoms with van der Waals surface area (Å²) in [6.07, 6.45) is -1.43. The first-order chi connectivity index (χ1) is 21.7. The van der Waals surface area contributed by atoms with Crippen LogP contribution in [0.3, 0.4) is 0 Å². The predicted octanol–water partition coefficient (Wildman–Crippen LogP) is 7.59. The van der Waals surface area contributed by atoms with Crippen molar-refractivity contribution in [1.82, 2.24) is 10.2 Å². The molecule has 6 nitrogen and oxygen atoms in total. The Morgan fingerprint density at radius 1 is 0.778 bits per heavy atom. The van der Waals surface area contributed by atoms with E-state index in [0.29, 0.717) is 35.5 Å². The number of thioether (sulfide) groups is 1. The lowest BCUT2D eigenvalue weighted by atomic mass is 9.98. The molecule has 10 heteroatoms. The molecule has 0 spiro atoms. The number of hydrogen-bond acceptors (Lipinski definition) is 4. The van der Waals surface area contributed by atoms with Crippen LogP contribution < -0.4 is 10.6 Å². The number of nitrogens with one attached hydrogen (secondary N) is 2. The van der Waals surface area contributed by atoms with Crippen molar-refractivity contribution in [3.05, 3.63) is 120 Å². The lowest BCUT2D eigenvalue weighted by molar-refractivity contribution is -0.137. The minimum Gasteiger partial charge on any atom is -0.341 e. The third kappa shape index (κ3) is 8.33. The van der Waals surface area contributed by atoms with Crippen molar-refractivity contribution in [2.45, 2.75) is 36.4 Å². The van der Waals surface area contributed by atoms with Crippen molar-refractivity contribution >= 4 is 35.2 Å². The van der Waals surface area contributed by atoms with Crippen LogP contribution in [-0.4, -0.2) is 41.5 Å². The summed E-state index contributed by atoms with van der Waals surface area (Å²) >= 11 is 1.31. The maximum Gasteiger partial charge on any atom is 0.416 e. The van der Waals surface area contributed by atoms with Crippen molar-refractivity contribution < 1.29 is 27.6 Å². The van der Waals surface area contributed by atoms with Crippen molar-refractivity contribution in [3.63, 3.8) is 0 Å². The maximum atomic E-state index is 13.3. The number of anilines is 1. The molecule has 0 unspecified atom stereocenters. The molecule has 3 amide bonds. The summed E-state index contributed by atoms with van der Waals surface area (Å²) in [7, 11) is 0. The molecule has 0 saturated carbocycles. The van der Waals surface area contributed by atoms with Gasteiger partial charge in [0, 0.05) is 29.2 Å². The monoisotopic (exact) mass is 631 g/mol. The first-order valence-corrected chi connectivity index (χ1v) is 15.6. The molecule has 4 aromatic rings. The zero-order valence-corrected chi connectivity index (χ0v) is 25.2. The van der Waals surface area contributed by atoms with Gasteiger partial charge in [0.25, 0.3) is 5.91 Å². The Balaban J connectivity index is 1.19. The van der Waals surface area contributed by atoms with E-state index < -0.39 is 23.7 Å². The lowest BCUT2D eigenvalue weighted by Crippen LogP contribution is -2.45. The molecule has 0 aliphatic carbocycles. The number of rotatable bonds is 9. The van der Waals surface area contributed by atoms with Crippen LogP contribution in [0, 0.1) is 0 Å². The standard InChI is InChI=1S/C35H32F3N3O3S/c36-35(37,38)26-15-13-24(14-16-26)29-11-5-6-12-30(29)33(43)39-27-17-19-28(20-18-27)45-23-31(42)40-32(25-9-3-1-4-10-25)34(44)41-21-7-2-8-22-41/h1,3-6,9-20,32H,2,7-8,21-23H2,(H,39,43)(H,40,42)/t32-/m0/s1. The highest BCUT2D eigenvalue weighted by atomic mass is 32.2. The van der Waals surface area contributed by atoms with Gasteiger partial charge in [0.05, 0.1) is 11.3 Å². The van der Waals surface area contributed by atoms with Gasteiger partial charge in [-0.1, -0.05) is 60.7 Å². The lowest BCUT2D eigenvalue weighted by Gasteiger charge is -2.31. The van der Waals surface area contributed by atoms with Crippen molar-refractivity contribution in [3.8, 4) is 11.1 Å². The van der Waals surface area contributed by atoms with Crippen molar-refractivity contribution in [2.75, 3.05) is 24.2 Å². The Kier molecular flexibility index (Phi) is 10.2. The van der Waals surface area contributed by atoms with Crippen LogP contribution in [0.1, 0.15) is 46.8 Å². The average molecular weight is 632 g/mol. The Hall–Kier alpha value is -4.57. The molecule has 5 rings (SSSR count). The van der Waals surface area contributed by atoms with Gasteiger partial charge in [-0.25, -0.2) is 0 Å². The molecule has 0 bridgehead atoms. The highest BCUT2D eigenvalue weighted by molar-refractivity contribution is 8.00. The van der Waals surface area contributed by atoms with Gasteiger partial charge in [0.2, 0.25) is 11.8 Å². The van der Waals surface area contributed by atoms with E-state index in [1.54, 1.807) is 48.5 Å². The van der Waals surface area contributed by atoms with Crippen LogP contribution in [0.15, 0.2) is 108 Å². The summed E-state index contributed by atoms with van der Waals surface area (Å²) in [6.45, 7) is 1.38. The number of likely N-dealkylation sites (tertiary alicyclic amines) is 1. The van der Waals surface area contributed by atoms with Crippen LogP contribution in [0.25, 0.3) is 11.1 Å². The van der Waals surface area contributed by atoms with E-state index >= 15 is 0 Å². The predicted molar refractivity (Wildman–Crippen MR) is 170 cm³/mol. The van der Waals surface area contributed by atoms with Gasteiger partial charge in [0.1, 0.15) is 6.04 Å². The van der Waals surface area contributed by atoms with Crippen LogP contribution in [0.4, 0.5) is 18.9 Å². The summed E-state index contributed by atoms with van der Waals surface area (Å²) in [5, 5.41) is 5.76. The van der Waals surface area contributed by atoms with E-state index in [4.69, 9.17) is 0 Å². The van der Waals surface area contributed by atoms with Crippen LogP contribution in [0.5, 0.6) is 0 Å². The summed E-state index contributed by atoms with van der Waals surface area (Å²) in [6, 6.07) is 26.9. The normalized spacial score (nSPS) is 14.0. The fraction of sp³-hybridized carbons (Fsp3) is 0.229. The Labute approximate surface area is 264 Å². The second-order valence-electron chi connectivity index (χ2n) is 10.7. The third-order valence-corrected chi connectivity index (χ3v) is 8.54. The molecule has 232 valence electrons. The van der Waals surface area contributed by atoms with E-state index in [2.05, 4.69) is 10.6 Å². The molecule has 1 saturated heterocycles. The second-order valence-corrected chi connectivity index (χ2v) is 11.7. The zero-order chi connectivity index (χ0) is 31.8. The van der Waals surface area contributed by atoms with Crippen LogP contribution in [-0.2, 0) is 15.8 Å². The molecule has 1 fully saturated rings. The topological polar surface area (TPSA) is 78.5 Å². The smallest absolute Gasteiger partial charge is 0.341 e. The van der Waals surface area contributed by atoms with Gasteiger partial charge in [-0.3, -0.25) is 14.4 Å². The van der Waals surface area contributed by atoms with Gasteiger partial charge >= 0.3 is 6.18 Å². The third-order valence-electron chi connectivity index (χ3n) is 7.53. The molecular formula is C35H32F3N3O3S. The van der Waals surface area contributed by atoms with E-state index in [1.165, 1.54) is 23.9 Å². The zero-order valence-electron chi connectivity index (χ0n) is 24.3. The molecule has 4 aromatic carbocycles. The number of carbonyl (C=O) groups excluding carboxylic acids is 3. The van der Waals surface area contributed by atoms with Gasteiger partial charge in [-0.05, 0) is 78.4 Å². The Bertz CT molecular complexity index is 1620. The quantitative estimate of drug-likeness (QED) is 0.187. The fourth-order valence-corrected chi connectivity index (χ4v) is 5.90. The molecule has 45 heavy (non-hydrogen) atoms. The Morgan fingerprint density at radius 3 is 2.09 bits per heavy atom. The number of halogens is 3. The number of piperidine rings is 1. The average Bonchev–Trinajstić information content (AvgIpc) is 3.07. The number of hydrogen-bond donors (Lipinski definition) is 2. The van der Waals surface area contributed by atoms with Crippen LogP contribution >= 0.6 is 11.8 Å². The summed E-state index contributed by atoms with van der Waals surface area (Å²) < 4.78 is 39.0. The highest BCUT2D eigenvalue weighted by Crippen LogP contribution is 2.32. The first kappa shape index (κ1) is 31.8. The molecule has 1 heterocycles. The second kappa shape index (κ2) is 14.5. The van der Waals surface area contributed by atoms with E-state index in [1.807, 2.05) is 35.2 Å². The van der Waals surface area contributed by atoms with E-state index in [0.717, 1.165) is 41.9 Å². The number of alkyl halides is 3. The largest absolute Gasteiger partial charge is 0.416 e. The number of amides is 3. The van der Waals surface area contributed by atoms with Crippen LogP contribution in [0.2, 0.25) is 0 Å². The van der Waals surface area contributed by atoms with Gasteiger partial charge in [-0.15, -0.1) is 11.8 Å². The fourth-order valence-electron chi connectivity index (χ4n) is 5.19. The molecular weight excluding hydrogens is 599 g/mol. The minimum absolute atomic E-state index is 0.0979. The molecule has 2 N–H and O–H groups in total. The number of benzene rings is 4. The summed E-state index contributed by atoms with van der Waals surface area (Å²) in [4.78, 5) is 42.0. The maximum absolute atomic E-state index is 13.3.